The molecule has 1 fully saturated rings. The number of benzene rings is 1. The molecule has 0 aliphatic heterocycles. The monoisotopic (exact) mass is 894 g/mol. The average molecular weight is 895 g/mol. The van der Waals surface area contributed by atoms with Crippen LogP contribution in [0.2, 0.25) is 0 Å². The topological polar surface area (TPSA) is 378 Å². The summed E-state index contributed by atoms with van der Waals surface area (Å²) in [6, 6.07) is -3.56. The first-order valence-electron chi connectivity index (χ1n) is 19.3. The molecule has 6 amide bonds. The lowest BCUT2D eigenvalue weighted by molar-refractivity contribution is -0.155. The highest BCUT2D eigenvalue weighted by Crippen LogP contribution is 2.27. The number of carboxylic acid groups (broad SMARTS) is 5. The highest BCUT2D eigenvalue weighted by atomic mass is 32.1. The summed E-state index contributed by atoms with van der Waals surface area (Å²) < 4.78 is 0. The van der Waals surface area contributed by atoms with Crippen molar-refractivity contribution in [1.29, 1.82) is 0 Å². The Kier molecular flexibility index (Phi) is 21.0. The standard InChI is InChI=1S/C38H50N6O17S/c1-18(45)39-25(16-28(48)49)33(53)42-24(15-21(36(56)57)37(58)59)34(54)44-29(20-10-6-3-7-11-20)35(55)40-22(12-13-27(46)47)31(51)41-23(14-19-8-4-2-5-9-19)32(52)43-26(17-62)30(50)38(60)61/h3,6-7,10-11,19,21-26,29,62H,2,4-5,8-9,12-17H2,1H3,(H,39,45)(H,40,55)(H,41,51)(H,42,53)(H,43,52)(H,44,54)(H,46,47)(H,48,49)(H,56,57)(H,58,59)(H,60,61)/t22-,23-,24+,25-,26-,29-/m0/s1. The van der Waals surface area contributed by atoms with Gasteiger partial charge in [-0.2, -0.15) is 12.6 Å². The summed E-state index contributed by atoms with van der Waals surface area (Å²) in [6.07, 6.45) is 0.381. The SMILES string of the molecule is CC(=O)N[C@@H](CC(=O)O)C(=O)N[C@H](CC(C(=O)O)C(=O)O)C(=O)N[C@H](C(=O)N[C@@H](CCC(=O)O)C(=O)N[C@@H](CC1CCCCC1)C(=O)N[C@@H](CS)C(=O)C(=O)O)c1ccccc1. The molecule has 0 spiro atoms. The number of thiol groups is 1. The zero-order chi connectivity index (χ0) is 46.7. The summed E-state index contributed by atoms with van der Waals surface area (Å²) in [6.45, 7) is 0.944. The second kappa shape index (κ2) is 25.2. The van der Waals surface area contributed by atoms with Gasteiger partial charge in [-0.05, 0) is 24.3 Å². The lowest BCUT2D eigenvalue weighted by Crippen LogP contribution is -2.58. The van der Waals surface area contributed by atoms with Crippen molar-refractivity contribution >= 4 is 83.7 Å². The minimum absolute atomic E-state index is 0.00807. The van der Waals surface area contributed by atoms with Gasteiger partial charge in [-0.25, -0.2) is 4.79 Å². The van der Waals surface area contributed by atoms with E-state index in [2.05, 4.69) is 33.9 Å². The molecule has 0 aromatic heterocycles. The molecule has 23 nitrogen and oxygen atoms in total. The zero-order valence-electron chi connectivity index (χ0n) is 33.4. The molecule has 62 heavy (non-hydrogen) atoms. The van der Waals surface area contributed by atoms with Gasteiger partial charge in [-0.3, -0.25) is 52.7 Å². The summed E-state index contributed by atoms with van der Waals surface area (Å²) >= 11 is 3.95. The Balaban J connectivity index is 2.55. The first-order valence-corrected chi connectivity index (χ1v) is 19.9. The normalized spacial score (nSPS) is 15.5. The first-order chi connectivity index (χ1) is 29.1. The fourth-order valence-corrected chi connectivity index (χ4v) is 6.79. The van der Waals surface area contributed by atoms with Crippen molar-refractivity contribution in [3.8, 4) is 0 Å². The fourth-order valence-electron chi connectivity index (χ4n) is 6.53. The number of amides is 6. The zero-order valence-corrected chi connectivity index (χ0v) is 34.3. The Labute approximate surface area is 358 Å². The predicted molar refractivity (Wildman–Crippen MR) is 213 cm³/mol. The lowest BCUT2D eigenvalue weighted by atomic mass is 9.84. The summed E-state index contributed by atoms with van der Waals surface area (Å²) in [5.74, 6) is -19.8. The summed E-state index contributed by atoms with van der Waals surface area (Å²) in [5.41, 5.74) is -0.00807. The van der Waals surface area contributed by atoms with Crippen molar-refractivity contribution < 1.29 is 83.1 Å². The number of carbonyl (C=O) groups is 12. The number of rotatable bonds is 26. The van der Waals surface area contributed by atoms with Crippen molar-refractivity contribution in [3.05, 3.63) is 35.9 Å². The van der Waals surface area contributed by atoms with Crippen LogP contribution in [0.15, 0.2) is 30.3 Å². The maximum atomic E-state index is 14.1. The van der Waals surface area contributed by atoms with Crippen LogP contribution in [0.4, 0.5) is 0 Å². The Bertz CT molecular complexity index is 1830. The molecule has 0 unspecified atom stereocenters. The number of hydrogen-bond donors (Lipinski definition) is 12. The van der Waals surface area contributed by atoms with Crippen LogP contribution in [0, 0.1) is 11.8 Å². The number of nitrogens with one attached hydrogen (secondary N) is 6. The Morgan fingerprint density at radius 2 is 1.13 bits per heavy atom. The van der Waals surface area contributed by atoms with Gasteiger partial charge >= 0.3 is 29.8 Å². The smallest absolute Gasteiger partial charge is 0.374 e. The Morgan fingerprint density at radius 1 is 0.613 bits per heavy atom. The van der Waals surface area contributed by atoms with Crippen molar-refractivity contribution in [2.75, 3.05) is 5.75 Å². The molecule has 1 aliphatic rings. The van der Waals surface area contributed by atoms with Crippen LogP contribution < -0.4 is 31.9 Å². The van der Waals surface area contributed by atoms with Gasteiger partial charge in [-0.1, -0.05) is 62.4 Å². The van der Waals surface area contributed by atoms with Crippen LogP contribution in [0.3, 0.4) is 0 Å². The third-order valence-electron chi connectivity index (χ3n) is 9.69. The minimum Gasteiger partial charge on any atom is -0.481 e. The molecule has 0 bridgehead atoms. The van der Waals surface area contributed by atoms with Crippen molar-refractivity contribution in [1.82, 2.24) is 31.9 Å². The van der Waals surface area contributed by atoms with Crippen molar-refractivity contribution in [3.63, 3.8) is 0 Å². The molecule has 0 radical (unpaired) electrons. The molecular weight excluding hydrogens is 845 g/mol. The van der Waals surface area contributed by atoms with Gasteiger partial charge in [-0.15, -0.1) is 0 Å². The molecule has 6 atom stereocenters. The Hall–Kier alpha value is -6.59. The number of aliphatic carboxylic acids is 5. The van der Waals surface area contributed by atoms with Gasteiger partial charge in [0.15, 0.2) is 5.92 Å². The number of carbonyl (C=O) groups excluding carboxylic acids is 7. The van der Waals surface area contributed by atoms with E-state index in [9.17, 15) is 83.1 Å². The molecule has 340 valence electrons. The third-order valence-corrected chi connectivity index (χ3v) is 10.1. The first kappa shape index (κ1) is 51.6. The molecule has 1 saturated carbocycles. The van der Waals surface area contributed by atoms with E-state index >= 15 is 0 Å². The minimum atomic E-state index is -2.35. The molecule has 1 aromatic rings. The average Bonchev–Trinajstić information content (AvgIpc) is 3.20. The van der Waals surface area contributed by atoms with Gasteiger partial charge in [0.05, 0.1) is 6.42 Å². The lowest BCUT2D eigenvalue weighted by Gasteiger charge is -2.29. The quantitative estimate of drug-likeness (QED) is 0.0282. The second-order valence-corrected chi connectivity index (χ2v) is 14.8. The highest BCUT2D eigenvalue weighted by Gasteiger charge is 2.38. The van der Waals surface area contributed by atoms with Crippen LogP contribution in [-0.4, -0.2) is 133 Å². The number of carboxylic acids is 5. The van der Waals surface area contributed by atoms with E-state index < -0.39 is 145 Å². The van der Waals surface area contributed by atoms with Gasteiger partial charge in [0, 0.05) is 25.5 Å². The number of Topliss-reactive ketones (excluding diaryl/α,β-unsaturated/α-hetero) is 1. The summed E-state index contributed by atoms with van der Waals surface area (Å²) in [4.78, 5) is 151. The van der Waals surface area contributed by atoms with Gasteiger partial charge in [0.25, 0.3) is 5.78 Å². The van der Waals surface area contributed by atoms with E-state index in [1.165, 1.54) is 30.3 Å². The maximum absolute atomic E-state index is 14.1. The summed E-state index contributed by atoms with van der Waals surface area (Å²) in [7, 11) is 0. The van der Waals surface area contributed by atoms with Crippen LogP contribution >= 0.6 is 12.6 Å². The third kappa shape index (κ3) is 17.2. The van der Waals surface area contributed by atoms with E-state index in [-0.39, 0.29) is 17.9 Å². The maximum Gasteiger partial charge on any atom is 0.374 e. The second-order valence-electron chi connectivity index (χ2n) is 14.4. The van der Waals surface area contributed by atoms with Crippen LogP contribution in [0.1, 0.15) is 82.7 Å². The molecule has 11 N–H and O–H groups in total. The molecular formula is C38H50N6O17S. The van der Waals surface area contributed by atoms with E-state index in [0.29, 0.717) is 12.8 Å². The van der Waals surface area contributed by atoms with Gasteiger partial charge in [0.2, 0.25) is 35.4 Å². The number of hydrogen-bond acceptors (Lipinski definition) is 13. The molecule has 1 aliphatic carbocycles. The molecule has 2 rings (SSSR count). The van der Waals surface area contributed by atoms with Crippen molar-refractivity contribution in [2.24, 2.45) is 11.8 Å². The Morgan fingerprint density at radius 3 is 1.65 bits per heavy atom. The van der Waals surface area contributed by atoms with Crippen LogP contribution in [0.25, 0.3) is 0 Å². The van der Waals surface area contributed by atoms with Crippen LogP contribution in [0.5, 0.6) is 0 Å². The highest BCUT2D eigenvalue weighted by molar-refractivity contribution is 7.80. The summed E-state index contributed by atoms with van der Waals surface area (Å²) in [5, 5.41) is 60.5. The van der Waals surface area contributed by atoms with E-state index in [0.717, 1.165) is 26.2 Å². The molecule has 0 saturated heterocycles. The largest absolute Gasteiger partial charge is 0.481 e. The molecule has 1 aromatic carbocycles. The molecule has 0 heterocycles. The van der Waals surface area contributed by atoms with Gasteiger partial charge in [0.1, 0.15) is 36.3 Å². The predicted octanol–water partition coefficient (Wildman–Crippen LogP) is -1.64. The van der Waals surface area contributed by atoms with E-state index in [4.69, 9.17) is 0 Å². The molecule has 24 heteroatoms. The van der Waals surface area contributed by atoms with Crippen LogP contribution in [-0.2, 0) is 57.5 Å². The fraction of sp³-hybridized carbons (Fsp3) is 0.526. The van der Waals surface area contributed by atoms with Crippen molar-refractivity contribution in [2.45, 2.75) is 107 Å². The van der Waals surface area contributed by atoms with E-state index in [1.54, 1.807) is 0 Å². The van der Waals surface area contributed by atoms with Gasteiger partial charge < -0.3 is 57.4 Å². The van der Waals surface area contributed by atoms with E-state index in [1.807, 2.05) is 10.6 Å². The number of ketones is 1.